The van der Waals surface area contributed by atoms with Gasteiger partial charge >= 0.3 is 0 Å². The quantitative estimate of drug-likeness (QED) is 0.478. The molecule has 2 aliphatic heterocycles. The molecule has 3 heterocycles. The van der Waals surface area contributed by atoms with Gasteiger partial charge < -0.3 is 20.6 Å². The second kappa shape index (κ2) is 10.3. The van der Waals surface area contributed by atoms with E-state index in [0.717, 1.165) is 61.5 Å². The van der Waals surface area contributed by atoms with Crippen molar-refractivity contribution >= 4 is 34.8 Å². The fourth-order valence-electron chi connectivity index (χ4n) is 4.65. The summed E-state index contributed by atoms with van der Waals surface area (Å²) < 4.78 is 0. The van der Waals surface area contributed by atoms with Gasteiger partial charge in [0.05, 0.1) is 17.8 Å². The molecular weight excluding hydrogens is 464 g/mol. The number of fused-ring (bicyclic) bond motifs is 3. The molecule has 35 heavy (non-hydrogen) atoms. The number of rotatable bonds is 6. The normalized spacial score (nSPS) is 17.2. The summed E-state index contributed by atoms with van der Waals surface area (Å²) in [5.74, 6) is 0.303. The van der Waals surface area contributed by atoms with Crippen LogP contribution in [0.25, 0.3) is 11.3 Å². The van der Waals surface area contributed by atoms with Gasteiger partial charge in [-0.15, -0.1) is 0 Å². The highest BCUT2D eigenvalue weighted by molar-refractivity contribution is 6.31. The van der Waals surface area contributed by atoms with Gasteiger partial charge in [0, 0.05) is 54.2 Å². The molecule has 1 saturated heterocycles. The third-order valence-corrected chi connectivity index (χ3v) is 6.72. The predicted molar refractivity (Wildman–Crippen MR) is 138 cm³/mol. The summed E-state index contributed by atoms with van der Waals surface area (Å²) in [5, 5.41) is 17.5. The molecule has 0 aliphatic carbocycles. The first-order valence-electron chi connectivity index (χ1n) is 12.0. The van der Waals surface area contributed by atoms with Crippen LogP contribution < -0.4 is 10.6 Å². The Morgan fingerprint density at radius 3 is 2.66 bits per heavy atom. The molecule has 182 valence electrons. The van der Waals surface area contributed by atoms with Gasteiger partial charge in [-0.1, -0.05) is 30.7 Å². The highest BCUT2D eigenvalue weighted by Crippen LogP contribution is 2.35. The first kappa shape index (κ1) is 23.7. The molecule has 0 spiro atoms. The van der Waals surface area contributed by atoms with Crippen LogP contribution in [-0.4, -0.2) is 63.5 Å². The average molecular weight is 493 g/mol. The summed E-state index contributed by atoms with van der Waals surface area (Å²) in [6.07, 6.45) is 2.41. The van der Waals surface area contributed by atoms with Crippen LogP contribution in [0, 0.1) is 0 Å². The van der Waals surface area contributed by atoms with Crippen molar-refractivity contribution in [3.05, 3.63) is 64.8 Å². The molecule has 0 radical (unpaired) electrons. The Hall–Kier alpha value is -3.04. The smallest absolute Gasteiger partial charge is 0.228 e. The minimum absolute atomic E-state index is 0.127. The fourth-order valence-corrected chi connectivity index (χ4v) is 4.82. The van der Waals surface area contributed by atoms with Gasteiger partial charge in [0.2, 0.25) is 11.9 Å². The van der Waals surface area contributed by atoms with E-state index >= 15 is 0 Å². The van der Waals surface area contributed by atoms with Crippen molar-refractivity contribution in [1.29, 1.82) is 0 Å². The number of benzene rings is 2. The Morgan fingerprint density at radius 2 is 1.91 bits per heavy atom. The number of nitrogens with one attached hydrogen (secondary N) is 2. The van der Waals surface area contributed by atoms with Crippen LogP contribution in [0.1, 0.15) is 30.7 Å². The van der Waals surface area contributed by atoms with Crippen LogP contribution in [0.2, 0.25) is 5.02 Å². The van der Waals surface area contributed by atoms with Crippen molar-refractivity contribution in [2.75, 3.05) is 43.4 Å². The van der Waals surface area contributed by atoms with E-state index in [1.54, 1.807) is 18.3 Å². The summed E-state index contributed by atoms with van der Waals surface area (Å²) in [6, 6.07) is 13.1. The minimum atomic E-state index is -0.620. The molecule has 1 atom stereocenters. The fraction of sp³-hybridized carbons (Fsp3) is 0.346. The molecule has 3 N–H and O–H groups in total. The standard InChI is InChI=1S/C26H29ClN6O2/c1-2-9-32-10-12-33(13-11-32)25(35)17-3-6-20(7-4-17)29-26-28-16-18-14-23(34)30-22-15-19(27)5-8-21(22)24(18)31-26/h3-8,15-16,25,35H,2,9-14H2,1H3,(H,30,34)(H,28,29,31). The molecule has 8 nitrogen and oxygen atoms in total. The number of hydrogen-bond donors (Lipinski definition) is 3. The highest BCUT2D eigenvalue weighted by atomic mass is 35.5. The van der Waals surface area contributed by atoms with E-state index < -0.39 is 6.23 Å². The Balaban J connectivity index is 1.30. The van der Waals surface area contributed by atoms with Crippen LogP contribution >= 0.6 is 11.6 Å². The number of aliphatic hydroxyl groups excluding tert-OH is 1. The lowest BCUT2D eigenvalue weighted by molar-refractivity contribution is -0.115. The first-order valence-corrected chi connectivity index (χ1v) is 12.3. The maximum absolute atomic E-state index is 12.3. The minimum Gasteiger partial charge on any atom is -0.374 e. The Kier molecular flexibility index (Phi) is 6.97. The lowest BCUT2D eigenvalue weighted by Crippen LogP contribution is -2.47. The number of carbonyl (C=O) groups is 1. The second-order valence-electron chi connectivity index (χ2n) is 8.98. The third kappa shape index (κ3) is 5.31. The number of piperazine rings is 1. The third-order valence-electron chi connectivity index (χ3n) is 6.48. The first-order chi connectivity index (χ1) is 17.0. The Labute approximate surface area is 210 Å². The molecule has 0 bridgehead atoms. The predicted octanol–water partition coefficient (Wildman–Crippen LogP) is 4.05. The molecule has 2 aliphatic rings. The van der Waals surface area contributed by atoms with E-state index in [2.05, 4.69) is 32.3 Å². The van der Waals surface area contributed by atoms with E-state index in [1.807, 2.05) is 30.3 Å². The molecule has 5 rings (SSSR count). The zero-order valence-corrected chi connectivity index (χ0v) is 20.4. The molecule has 1 fully saturated rings. The number of anilines is 3. The van der Waals surface area contributed by atoms with E-state index in [9.17, 15) is 9.90 Å². The van der Waals surface area contributed by atoms with Crippen molar-refractivity contribution < 1.29 is 9.90 Å². The van der Waals surface area contributed by atoms with Gasteiger partial charge in [0.1, 0.15) is 6.23 Å². The van der Waals surface area contributed by atoms with Crippen LogP contribution in [0.5, 0.6) is 0 Å². The summed E-state index contributed by atoms with van der Waals surface area (Å²) in [7, 11) is 0. The number of amides is 1. The van der Waals surface area contributed by atoms with Gasteiger partial charge in [0.15, 0.2) is 0 Å². The zero-order valence-electron chi connectivity index (χ0n) is 19.7. The molecule has 9 heteroatoms. The van der Waals surface area contributed by atoms with E-state index in [4.69, 9.17) is 16.6 Å². The topological polar surface area (TPSA) is 93.6 Å². The molecular formula is C26H29ClN6O2. The maximum atomic E-state index is 12.3. The van der Waals surface area contributed by atoms with Crippen molar-refractivity contribution in [3.8, 4) is 11.3 Å². The molecule has 0 saturated carbocycles. The Bertz CT molecular complexity index is 1210. The van der Waals surface area contributed by atoms with E-state index in [-0.39, 0.29) is 12.3 Å². The molecule has 1 unspecified atom stereocenters. The highest BCUT2D eigenvalue weighted by Gasteiger charge is 2.23. The summed E-state index contributed by atoms with van der Waals surface area (Å²) in [6.45, 7) is 6.98. The largest absolute Gasteiger partial charge is 0.374 e. The van der Waals surface area contributed by atoms with Crippen molar-refractivity contribution in [3.63, 3.8) is 0 Å². The number of carbonyl (C=O) groups excluding carboxylic acids is 1. The van der Waals surface area contributed by atoms with Gasteiger partial charge in [-0.2, -0.15) is 0 Å². The van der Waals surface area contributed by atoms with Gasteiger partial charge in [-0.25, -0.2) is 9.97 Å². The lowest BCUT2D eigenvalue weighted by Gasteiger charge is -2.37. The van der Waals surface area contributed by atoms with Gasteiger partial charge in [-0.05, 0) is 48.9 Å². The average Bonchev–Trinajstić information content (AvgIpc) is 2.99. The molecule has 1 aromatic heterocycles. The van der Waals surface area contributed by atoms with Crippen molar-refractivity contribution in [1.82, 2.24) is 19.8 Å². The van der Waals surface area contributed by atoms with Crippen molar-refractivity contribution in [2.24, 2.45) is 0 Å². The second-order valence-corrected chi connectivity index (χ2v) is 9.42. The monoisotopic (exact) mass is 492 g/mol. The number of aromatic nitrogens is 2. The van der Waals surface area contributed by atoms with Gasteiger partial charge in [-0.3, -0.25) is 9.69 Å². The SMILES string of the molecule is CCCN1CCN(C(O)c2ccc(Nc3ncc4c(n3)-c3ccc(Cl)cc3NC(=O)C4)cc2)CC1. The molecule has 3 aromatic rings. The van der Waals surface area contributed by atoms with Crippen LogP contribution in [0.15, 0.2) is 48.7 Å². The summed E-state index contributed by atoms with van der Waals surface area (Å²) in [4.78, 5) is 26.0. The number of halogens is 1. The van der Waals surface area contributed by atoms with Gasteiger partial charge in [0.25, 0.3) is 0 Å². The number of nitrogens with zero attached hydrogens (tertiary/aromatic N) is 4. The Morgan fingerprint density at radius 1 is 1.14 bits per heavy atom. The van der Waals surface area contributed by atoms with Crippen LogP contribution in [0.3, 0.4) is 0 Å². The zero-order chi connectivity index (χ0) is 24.4. The number of aliphatic hydroxyl groups is 1. The van der Waals surface area contributed by atoms with Crippen LogP contribution in [0.4, 0.5) is 17.3 Å². The summed E-state index contributed by atoms with van der Waals surface area (Å²) in [5.41, 5.74) is 4.57. The lowest BCUT2D eigenvalue weighted by atomic mass is 10.1. The van der Waals surface area contributed by atoms with Crippen LogP contribution in [-0.2, 0) is 11.2 Å². The van der Waals surface area contributed by atoms with Crippen molar-refractivity contribution in [2.45, 2.75) is 26.0 Å². The number of hydrogen-bond acceptors (Lipinski definition) is 7. The molecule has 1 amide bonds. The summed E-state index contributed by atoms with van der Waals surface area (Å²) >= 11 is 6.13. The van der Waals surface area contributed by atoms with E-state index in [0.29, 0.717) is 22.4 Å². The van der Waals surface area contributed by atoms with E-state index in [1.165, 1.54) is 0 Å². The molecule has 2 aromatic carbocycles. The maximum Gasteiger partial charge on any atom is 0.228 e.